The van der Waals surface area contributed by atoms with Crippen LogP contribution in [0.4, 0.5) is 5.95 Å². The number of anilines is 1. The Morgan fingerprint density at radius 1 is 1.18 bits per heavy atom. The van der Waals surface area contributed by atoms with E-state index in [1.54, 1.807) is 6.07 Å². The lowest BCUT2D eigenvalue weighted by Crippen LogP contribution is -2.35. The van der Waals surface area contributed by atoms with Gasteiger partial charge in [0.15, 0.2) is 0 Å². The van der Waals surface area contributed by atoms with Gasteiger partial charge in [-0.2, -0.15) is 5.10 Å². The molecule has 2 aromatic rings. The molecule has 8 heteroatoms. The normalized spacial score (nSPS) is 18.4. The van der Waals surface area contributed by atoms with E-state index >= 15 is 0 Å². The summed E-state index contributed by atoms with van der Waals surface area (Å²) in [4.78, 5) is 36.1. The van der Waals surface area contributed by atoms with E-state index < -0.39 is 0 Å². The van der Waals surface area contributed by atoms with Gasteiger partial charge in [0.2, 0.25) is 11.9 Å². The summed E-state index contributed by atoms with van der Waals surface area (Å²) in [6.07, 6.45) is 9.00. The van der Waals surface area contributed by atoms with Crippen molar-refractivity contribution < 1.29 is 4.79 Å². The fourth-order valence-corrected chi connectivity index (χ4v) is 3.99. The highest BCUT2D eigenvalue weighted by molar-refractivity contribution is 5.76. The third kappa shape index (κ3) is 3.39. The predicted octanol–water partition coefficient (Wildman–Crippen LogP) is 1.07. The summed E-state index contributed by atoms with van der Waals surface area (Å²) in [5.74, 6) is 0.629. The lowest BCUT2D eigenvalue weighted by Gasteiger charge is -2.28. The largest absolute Gasteiger partial charge is 0.352 e. The van der Waals surface area contributed by atoms with Crippen molar-refractivity contribution in [2.45, 2.75) is 57.5 Å². The lowest BCUT2D eigenvalue weighted by atomic mass is 9.94. The standard InChI is InChI=1S/C20H24N6O2/c27-17(22-14-5-6-14)12-26-18(28)10-13-4-7-16-15(19(13)24-26)11-21-20(23-16)25-8-2-1-3-9-25/h10-11,14H,1-9,12H2,(H,22,27). The summed E-state index contributed by atoms with van der Waals surface area (Å²) >= 11 is 0. The zero-order chi connectivity index (χ0) is 19.1. The van der Waals surface area contributed by atoms with Crippen molar-refractivity contribution in [3.05, 3.63) is 33.9 Å². The molecule has 0 spiro atoms. The topological polar surface area (TPSA) is 93.0 Å². The molecule has 0 atom stereocenters. The SMILES string of the molecule is O=C(Cn1nc2c(cc1=O)CCc1nc(N3CCCCC3)ncc1-2)NC1CC1. The molecule has 0 unspecified atom stereocenters. The van der Waals surface area contributed by atoms with Crippen LogP contribution >= 0.6 is 0 Å². The number of amides is 1. The Balaban J connectivity index is 1.44. The summed E-state index contributed by atoms with van der Waals surface area (Å²) in [5, 5.41) is 7.42. The fourth-order valence-electron chi connectivity index (χ4n) is 3.99. The Hall–Kier alpha value is -2.77. The molecule has 2 aromatic heterocycles. The van der Waals surface area contributed by atoms with Gasteiger partial charge >= 0.3 is 0 Å². The average molecular weight is 380 g/mol. The average Bonchev–Trinajstić information content (AvgIpc) is 3.52. The van der Waals surface area contributed by atoms with Crippen LogP contribution < -0.4 is 15.8 Å². The Kier molecular flexibility index (Phi) is 4.33. The summed E-state index contributed by atoms with van der Waals surface area (Å²) in [7, 11) is 0. The number of nitrogens with zero attached hydrogens (tertiary/aromatic N) is 5. The predicted molar refractivity (Wildman–Crippen MR) is 104 cm³/mol. The molecule has 1 N–H and O–H groups in total. The second-order valence-electron chi connectivity index (χ2n) is 7.93. The summed E-state index contributed by atoms with van der Waals surface area (Å²) < 4.78 is 1.25. The van der Waals surface area contributed by atoms with Crippen LogP contribution in [-0.2, 0) is 24.2 Å². The van der Waals surface area contributed by atoms with Crippen LogP contribution in [0.5, 0.6) is 0 Å². The summed E-state index contributed by atoms with van der Waals surface area (Å²) in [5.41, 5.74) is 3.25. The summed E-state index contributed by atoms with van der Waals surface area (Å²) in [6, 6.07) is 1.87. The smallest absolute Gasteiger partial charge is 0.267 e. The molecular formula is C20H24N6O2. The van der Waals surface area contributed by atoms with Gasteiger partial charge < -0.3 is 10.2 Å². The van der Waals surface area contributed by atoms with E-state index in [1.807, 2.05) is 6.20 Å². The number of nitrogens with one attached hydrogen (secondary N) is 1. The number of aromatic nitrogens is 4. The van der Waals surface area contributed by atoms with Crippen LogP contribution in [0, 0.1) is 0 Å². The van der Waals surface area contributed by atoms with Gasteiger partial charge in [0.25, 0.3) is 5.56 Å². The Morgan fingerprint density at radius 2 is 2.00 bits per heavy atom. The molecule has 8 nitrogen and oxygen atoms in total. The number of rotatable bonds is 4. The molecule has 146 valence electrons. The number of hydrogen-bond acceptors (Lipinski definition) is 6. The molecule has 1 amide bonds. The lowest BCUT2D eigenvalue weighted by molar-refractivity contribution is -0.122. The molecule has 0 bridgehead atoms. The van der Waals surface area contributed by atoms with Crippen molar-refractivity contribution in [1.29, 1.82) is 0 Å². The molecule has 1 aliphatic heterocycles. The Labute approximate surface area is 163 Å². The minimum Gasteiger partial charge on any atom is -0.352 e. The van der Waals surface area contributed by atoms with E-state index in [2.05, 4.69) is 20.3 Å². The number of carbonyl (C=O) groups is 1. The zero-order valence-corrected chi connectivity index (χ0v) is 15.9. The van der Waals surface area contributed by atoms with Gasteiger partial charge in [-0.05, 0) is 50.5 Å². The van der Waals surface area contributed by atoms with E-state index in [9.17, 15) is 9.59 Å². The van der Waals surface area contributed by atoms with E-state index in [0.29, 0.717) is 0 Å². The van der Waals surface area contributed by atoms with Crippen LogP contribution in [-0.4, -0.2) is 44.8 Å². The van der Waals surface area contributed by atoms with Gasteiger partial charge in [0, 0.05) is 37.0 Å². The minimum atomic E-state index is -0.237. The van der Waals surface area contributed by atoms with E-state index in [1.165, 1.54) is 23.9 Å². The number of aryl methyl sites for hydroxylation is 2. The van der Waals surface area contributed by atoms with Gasteiger partial charge in [-0.15, -0.1) is 0 Å². The number of carbonyl (C=O) groups excluding carboxylic acids is 1. The quantitative estimate of drug-likeness (QED) is 0.853. The van der Waals surface area contributed by atoms with Gasteiger partial charge in [-0.1, -0.05) is 0 Å². The second-order valence-corrected chi connectivity index (χ2v) is 7.93. The third-order valence-electron chi connectivity index (χ3n) is 5.69. The maximum Gasteiger partial charge on any atom is 0.267 e. The number of piperidine rings is 1. The highest BCUT2D eigenvalue weighted by Crippen LogP contribution is 2.30. The molecule has 2 fully saturated rings. The molecule has 5 rings (SSSR count). The molecule has 3 aliphatic rings. The minimum absolute atomic E-state index is 0.0509. The van der Waals surface area contributed by atoms with Gasteiger partial charge in [-0.25, -0.2) is 14.6 Å². The molecular weight excluding hydrogens is 356 g/mol. The van der Waals surface area contributed by atoms with Crippen molar-refractivity contribution in [3.63, 3.8) is 0 Å². The maximum absolute atomic E-state index is 12.4. The second kappa shape index (κ2) is 7.00. The van der Waals surface area contributed by atoms with E-state index in [0.717, 1.165) is 67.2 Å². The van der Waals surface area contributed by atoms with Crippen molar-refractivity contribution in [1.82, 2.24) is 25.1 Å². The van der Waals surface area contributed by atoms with Crippen molar-refractivity contribution in [2.24, 2.45) is 0 Å². The van der Waals surface area contributed by atoms with E-state index in [-0.39, 0.29) is 24.1 Å². The monoisotopic (exact) mass is 380 g/mol. The molecule has 28 heavy (non-hydrogen) atoms. The first kappa shape index (κ1) is 17.3. The number of hydrogen-bond donors (Lipinski definition) is 1. The van der Waals surface area contributed by atoms with Crippen LogP contribution in [0.2, 0.25) is 0 Å². The first-order valence-corrected chi connectivity index (χ1v) is 10.2. The van der Waals surface area contributed by atoms with Crippen LogP contribution in [0.3, 0.4) is 0 Å². The first-order chi connectivity index (χ1) is 13.7. The van der Waals surface area contributed by atoms with Crippen molar-refractivity contribution >= 4 is 11.9 Å². The molecule has 2 aliphatic carbocycles. The summed E-state index contributed by atoms with van der Waals surface area (Å²) in [6.45, 7) is 1.96. The van der Waals surface area contributed by atoms with Gasteiger partial charge in [-0.3, -0.25) is 9.59 Å². The third-order valence-corrected chi connectivity index (χ3v) is 5.69. The highest BCUT2D eigenvalue weighted by Gasteiger charge is 2.25. The Bertz CT molecular complexity index is 975. The molecule has 1 saturated carbocycles. The van der Waals surface area contributed by atoms with Gasteiger partial charge in [0.1, 0.15) is 6.54 Å². The fraction of sp³-hybridized carbons (Fsp3) is 0.550. The van der Waals surface area contributed by atoms with Crippen molar-refractivity contribution in [2.75, 3.05) is 18.0 Å². The zero-order valence-electron chi connectivity index (χ0n) is 15.9. The highest BCUT2D eigenvalue weighted by atomic mass is 16.2. The van der Waals surface area contributed by atoms with Crippen molar-refractivity contribution in [3.8, 4) is 11.3 Å². The van der Waals surface area contributed by atoms with Crippen LogP contribution in [0.25, 0.3) is 11.3 Å². The van der Waals surface area contributed by atoms with Crippen LogP contribution in [0.1, 0.15) is 43.4 Å². The van der Waals surface area contributed by atoms with Gasteiger partial charge in [0.05, 0.1) is 11.4 Å². The molecule has 0 radical (unpaired) electrons. The van der Waals surface area contributed by atoms with E-state index in [4.69, 9.17) is 4.98 Å². The first-order valence-electron chi connectivity index (χ1n) is 10.2. The number of fused-ring (bicyclic) bond motifs is 3. The Morgan fingerprint density at radius 3 is 2.79 bits per heavy atom. The molecule has 0 aromatic carbocycles. The molecule has 1 saturated heterocycles. The maximum atomic E-state index is 12.4. The van der Waals surface area contributed by atoms with Crippen LogP contribution in [0.15, 0.2) is 17.1 Å². The molecule has 3 heterocycles.